The van der Waals surface area contributed by atoms with Crippen molar-refractivity contribution in [3.05, 3.63) is 23.8 Å². The fourth-order valence-electron chi connectivity index (χ4n) is 3.35. The van der Waals surface area contributed by atoms with Gasteiger partial charge in [0.15, 0.2) is 11.5 Å². The number of carboxylic acids is 1. The highest BCUT2D eigenvalue weighted by Crippen LogP contribution is 2.35. The molecule has 3 N–H and O–H groups in total. The van der Waals surface area contributed by atoms with Gasteiger partial charge >= 0.3 is 23.9 Å². The van der Waals surface area contributed by atoms with Crippen molar-refractivity contribution in [2.24, 2.45) is 5.73 Å². The topological polar surface area (TPSA) is 142 Å². The second-order valence-electron chi connectivity index (χ2n) is 8.26. The van der Waals surface area contributed by atoms with Gasteiger partial charge in [-0.15, -0.1) is 0 Å². The molecular formula is C25H37NO8. The molecule has 1 aromatic carbocycles. The molecule has 0 aliphatic rings. The maximum absolute atomic E-state index is 12.1. The maximum Gasteiger partial charge on any atom is 0.321 e. The number of aliphatic carboxylic acids is 1. The summed E-state index contributed by atoms with van der Waals surface area (Å²) in [6.45, 7) is 7.30. The van der Waals surface area contributed by atoms with E-state index in [4.69, 9.17) is 19.9 Å². The maximum atomic E-state index is 12.1. The summed E-state index contributed by atoms with van der Waals surface area (Å²) >= 11 is 0. The van der Waals surface area contributed by atoms with E-state index in [2.05, 4.69) is 0 Å². The van der Waals surface area contributed by atoms with E-state index in [1.807, 2.05) is 20.8 Å². The SMILES string of the molecule is CCCCC(=O)OC(C)CC(c1ccc(OC(=O)CCC)c(OC(=O)CCC)c1)[C@H](N)C(=O)O. The molecule has 34 heavy (non-hydrogen) atoms. The van der Waals surface area contributed by atoms with Crippen molar-refractivity contribution in [1.29, 1.82) is 0 Å². The zero-order chi connectivity index (χ0) is 25.7. The fraction of sp³-hybridized carbons (Fsp3) is 0.600. The normalized spacial score (nSPS) is 13.4. The van der Waals surface area contributed by atoms with Gasteiger partial charge in [-0.25, -0.2) is 0 Å². The zero-order valence-corrected chi connectivity index (χ0v) is 20.5. The Labute approximate surface area is 200 Å². The Balaban J connectivity index is 3.25. The quantitative estimate of drug-likeness (QED) is 0.281. The Hall–Kier alpha value is -2.94. The van der Waals surface area contributed by atoms with E-state index >= 15 is 0 Å². The van der Waals surface area contributed by atoms with Crippen LogP contribution < -0.4 is 15.2 Å². The van der Waals surface area contributed by atoms with Crippen LogP contribution in [-0.4, -0.2) is 41.1 Å². The number of carboxylic acid groups (broad SMARTS) is 1. The smallest absolute Gasteiger partial charge is 0.321 e. The van der Waals surface area contributed by atoms with Crippen LogP contribution in [0.3, 0.4) is 0 Å². The number of carbonyl (C=O) groups is 4. The second kappa shape index (κ2) is 15.1. The number of nitrogens with two attached hydrogens (primary N) is 1. The molecule has 190 valence electrons. The molecule has 0 radical (unpaired) electrons. The van der Waals surface area contributed by atoms with E-state index in [1.54, 1.807) is 13.0 Å². The van der Waals surface area contributed by atoms with Crippen molar-refractivity contribution >= 4 is 23.9 Å². The van der Waals surface area contributed by atoms with Crippen LogP contribution in [0.5, 0.6) is 11.5 Å². The van der Waals surface area contributed by atoms with Crippen LogP contribution in [0.25, 0.3) is 0 Å². The number of carbonyl (C=O) groups excluding carboxylic acids is 3. The number of hydrogen-bond donors (Lipinski definition) is 2. The van der Waals surface area contributed by atoms with Gasteiger partial charge in [-0.3, -0.25) is 19.2 Å². The van der Waals surface area contributed by atoms with Crippen molar-refractivity contribution in [2.75, 3.05) is 0 Å². The van der Waals surface area contributed by atoms with E-state index in [-0.39, 0.29) is 43.2 Å². The fourth-order valence-corrected chi connectivity index (χ4v) is 3.35. The summed E-state index contributed by atoms with van der Waals surface area (Å²) < 4.78 is 16.2. The van der Waals surface area contributed by atoms with Crippen LogP contribution in [0.4, 0.5) is 0 Å². The predicted molar refractivity (Wildman–Crippen MR) is 126 cm³/mol. The minimum Gasteiger partial charge on any atom is -0.480 e. The summed E-state index contributed by atoms with van der Waals surface area (Å²) in [5.41, 5.74) is 6.44. The van der Waals surface area contributed by atoms with Gasteiger partial charge < -0.3 is 25.1 Å². The molecule has 0 amide bonds. The first-order chi connectivity index (χ1) is 16.1. The van der Waals surface area contributed by atoms with Crippen LogP contribution in [0.15, 0.2) is 18.2 Å². The average Bonchev–Trinajstić information content (AvgIpc) is 2.77. The van der Waals surface area contributed by atoms with Crippen LogP contribution in [0.2, 0.25) is 0 Å². The largest absolute Gasteiger partial charge is 0.480 e. The highest BCUT2D eigenvalue weighted by atomic mass is 16.6. The first-order valence-electron chi connectivity index (χ1n) is 11.9. The molecule has 9 nitrogen and oxygen atoms in total. The molecule has 0 aliphatic carbocycles. The van der Waals surface area contributed by atoms with E-state index < -0.39 is 36.0 Å². The molecule has 0 bridgehead atoms. The first-order valence-corrected chi connectivity index (χ1v) is 11.9. The minimum absolute atomic E-state index is 0.00980. The van der Waals surface area contributed by atoms with E-state index in [0.717, 1.165) is 6.42 Å². The molecule has 3 atom stereocenters. The number of benzene rings is 1. The van der Waals surface area contributed by atoms with Crippen LogP contribution in [0, 0.1) is 0 Å². The lowest BCUT2D eigenvalue weighted by molar-refractivity contribution is -0.149. The highest BCUT2D eigenvalue weighted by Gasteiger charge is 2.30. The Morgan fingerprint density at radius 2 is 1.47 bits per heavy atom. The lowest BCUT2D eigenvalue weighted by Crippen LogP contribution is -2.38. The summed E-state index contributed by atoms with van der Waals surface area (Å²) in [4.78, 5) is 47.9. The van der Waals surface area contributed by atoms with Gasteiger partial charge in [0.2, 0.25) is 0 Å². The monoisotopic (exact) mass is 479 g/mol. The van der Waals surface area contributed by atoms with Gasteiger partial charge in [0.05, 0.1) is 6.10 Å². The number of unbranched alkanes of at least 4 members (excludes halogenated alkanes) is 1. The third-order valence-corrected chi connectivity index (χ3v) is 5.12. The van der Waals surface area contributed by atoms with Crippen molar-refractivity contribution in [2.45, 2.75) is 97.1 Å². The average molecular weight is 480 g/mol. The third-order valence-electron chi connectivity index (χ3n) is 5.12. The Kier molecular flexibility index (Phi) is 12.9. The van der Waals surface area contributed by atoms with Gasteiger partial charge in [0.25, 0.3) is 0 Å². The number of ether oxygens (including phenoxy) is 3. The van der Waals surface area contributed by atoms with Crippen molar-refractivity contribution in [3.63, 3.8) is 0 Å². The summed E-state index contributed by atoms with van der Waals surface area (Å²) in [6.07, 6.45) is 2.90. The first kappa shape index (κ1) is 29.1. The molecule has 0 saturated carbocycles. The molecule has 0 spiro atoms. The molecule has 0 aliphatic heterocycles. The standard InChI is InChI=1S/C25H37NO8/c1-5-8-11-23(29)32-16(4)14-18(24(26)25(30)31)17-12-13-19(33-21(27)9-6-2)20(15-17)34-22(28)10-7-3/h12-13,15-16,18,24H,5-11,14,26H2,1-4H3,(H,30,31)/t16?,18?,24-/m0/s1. The van der Waals surface area contributed by atoms with Gasteiger partial charge in [-0.05, 0) is 50.3 Å². The van der Waals surface area contributed by atoms with Crippen molar-refractivity contribution in [1.82, 2.24) is 0 Å². The van der Waals surface area contributed by atoms with E-state index in [9.17, 15) is 24.3 Å². The number of esters is 3. The molecule has 2 unspecified atom stereocenters. The summed E-state index contributed by atoms with van der Waals surface area (Å²) in [5, 5.41) is 9.55. The summed E-state index contributed by atoms with van der Waals surface area (Å²) in [7, 11) is 0. The third kappa shape index (κ3) is 9.91. The van der Waals surface area contributed by atoms with Crippen molar-refractivity contribution in [3.8, 4) is 11.5 Å². The molecule has 0 saturated heterocycles. The van der Waals surface area contributed by atoms with Crippen LogP contribution in [-0.2, 0) is 23.9 Å². The zero-order valence-electron chi connectivity index (χ0n) is 20.5. The van der Waals surface area contributed by atoms with Crippen LogP contribution in [0.1, 0.15) is 90.5 Å². The Morgan fingerprint density at radius 3 is 2.00 bits per heavy atom. The number of hydrogen-bond acceptors (Lipinski definition) is 8. The van der Waals surface area contributed by atoms with Gasteiger partial charge in [0.1, 0.15) is 6.04 Å². The molecule has 0 heterocycles. The minimum atomic E-state index is -1.30. The predicted octanol–water partition coefficient (Wildman–Crippen LogP) is 4.11. The Morgan fingerprint density at radius 1 is 0.882 bits per heavy atom. The molecule has 1 aromatic rings. The molecule has 0 aromatic heterocycles. The van der Waals surface area contributed by atoms with Gasteiger partial charge in [-0.1, -0.05) is 33.3 Å². The van der Waals surface area contributed by atoms with E-state index in [1.165, 1.54) is 12.1 Å². The summed E-state index contributed by atoms with van der Waals surface area (Å²) in [5.74, 6) is -3.25. The van der Waals surface area contributed by atoms with Gasteiger partial charge in [-0.2, -0.15) is 0 Å². The lowest BCUT2D eigenvalue weighted by atomic mass is 9.87. The van der Waals surface area contributed by atoms with Crippen molar-refractivity contribution < 1.29 is 38.5 Å². The molecule has 0 fully saturated rings. The van der Waals surface area contributed by atoms with Crippen LogP contribution >= 0.6 is 0 Å². The Bertz CT molecular complexity index is 838. The lowest BCUT2D eigenvalue weighted by Gasteiger charge is -2.25. The molecule has 9 heteroatoms. The van der Waals surface area contributed by atoms with Gasteiger partial charge in [0, 0.05) is 25.2 Å². The second-order valence-corrected chi connectivity index (χ2v) is 8.26. The molecular weight excluding hydrogens is 442 g/mol. The van der Waals surface area contributed by atoms with E-state index in [0.29, 0.717) is 24.8 Å². The highest BCUT2D eigenvalue weighted by molar-refractivity contribution is 5.77. The number of rotatable bonds is 15. The summed E-state index contributed by atoms with van der Waals surface area (Å²) in [6, 6.07) is 3.19. The molecule has 1 rings (SSSR count).